The smallest absolute Gasteiger partial charge is 0.222 e. The van der Waals surface area contributed by atoms with Crippen LogP contribution in [-0.2, 0) is 0 Å². The third-order valence-corrected chi connectivity index (χ3v) is 0.884. The van der Waals surface area contributed by atoms with Crippen LogP contribution < -0.4 is 5.73 Å². The summed E-state index contributed by atoms with van der Waals surface area (Å²) < 4.78 is 4.59. The molecule has 1 aromatic heterocycles. The molecule has 0 saturated heterocycles. The molecule has 0 amide bonds. The van der Waals surface area contributed by atoms with E-state index in [1.54, 1.807) is 6.07 Å². The Morgan fingerprint density at radius 1 is 1.78 bits per heavy atom. The summed E-state index contributed by atoms with van der Waals surface area (Å²) in [4.78, 5) is 0. The van der Waals surface area contributed by atoms with Crippen molar-refractivity contribution in [2.75, 3.05) is 5.73 Å². The molecule has 0 bridgehead atoms. The number of hydrogen-bond acceptors (Lipinski definition) is 3. The molecule has 0 aliphatic carbocycles. The lowest BCUT2D eigenvalue weighted by Crippen LogP contribution is -1.75. The van der Waals surface area contributed by atoms with Crippen molar-refractivity contribution in [3.8, 4) is 0 Å². The fraction of sp³-hybridized carbons (Fsp3) is 0.167. The summed E-state index contributed by atoms with van der Waals surface area (Å²) in [6, 6.07) is 1.67. The SMILES string of the molecule is C/C=C/c1cc(N)on1. The van der Waals surface area contributed by atoms with E-state index in [2.05, 4.69) is 9.68 Å². The van der Waals surface area contributed by atoms with Gasteiger partial charge in [0.05, 0.1) is 0 Å². The van der Waals surface area contributed by atoms with Crippen molar-refractivity contribution in [3.63, 3.8) is 0 Å². The highest BCUT2D eigenvalue weighted by atomic mass is 16.5. The summed E-state index contributed by atoms with van der Waals surface area (Å²) in [7, 11) is 0. The molecule has 3 heteroatoms. The molecule has 0 aromatic carbocycles. The maximum Gasteiger partial charge on any atom is 0.222 e. The quantitative estimate of drug-likeness (QED) is 0.613. The predicted molar refractivity (Wildman–Crippen MR) is 35.6 cm³/mol. The van der Waals surface area contributed by atoms with E-state index in [9.17, 15) is 0 Å². The second-order valence-corrected chi connectivity index (χ2v) is 1.65. The summed E-state index contributed by atoms with van der Waals surface area (Å²) in [6.45, 7) is 1.91. The molecule has 0 atom stereocenters. The number of allylic oxidation sites excluding steroid dienone is 1. The number of hydrogen-bond donors (Lipinski definition) is 1. The van der Waals surface area contributed by atoms with Gasteiger partial charge in [-0.15, -0.1) is 0 Å². The number of aromatic nitrogens is 1. The molecule has 3 nitrogen and oxygen atoms in total. The van der Waals surface area contributed by atoms with Crippen LogP contribution in [0.3, 0.4) is 0 Å². The first-order chi connectivity index (χ1) is 4.33. The lowest BCUT2D eigenvalue weighted by Gasteiger charge is -1.71. The highest BCUT2D eigenvalue weighted by Gasteiger charge is 1.92. The molecule has 1 rings (SSSR count). The van der Waals surface area contributed by atoms with Crippen LogP contribution in [0.5, 0.6) is 0 Å². The first-order valence-electron chi connectivity index (χ1n) is 2.68. The number of rotatable bonds is 1. The molecule has 0 aliphatic heterocycles. The van der Waals surface area contributed by atoms with Crippen LogP contribution in [-0.4, -0.2) is 5.16 Å². The zero-order chi connectivity index (χ0) is 6.69. The van der Waals surface area contributed by atoms with Gasteiger partial charge < -0.3 is 10.3 Å². The monoisotopic (exact) mass is 124 g/mol. The van der Waals surface area contributed by atoms with Crippen molar-refractivity contribution >= 4 is 12.0 Å². The fourth-order valence-electron chi connectivity index (χ4n) is 0.553. The van der Waals surface area contributed by atoms with Crippen molar-refractivity contribution in [1.82, 2.24) is 5.16 Å². The Morgan fingerprint density at radius 3 is 3.00 bits per heavy atom. The second kappa shape index (κ2) is 2.35. The van der Waals surface area contributed by atoms with E-state index < -0.39 is 0 Å². The van der Waals surface area contributed by atoms with Gasteiger partial charge in [0.15, 0.2) is 0 Å². The van der Waals surface area contributed by atoms with Gasteiger partial charge in [0.25, 0.3) is 0 Å². The molecule has 0 aliphatic rings. The molecule has 0 saturated carbocycles. The predicted octanol–water partition coefficient (Wildman–Crippen LogP) is 1.29. The third kappa shape index (κ3) is 1.32. The van der Waals surface area contributed by atoms with Crippen LogP contribution in [0, 0.1) is 0 Å². The zero-order valence-electron chi connectivity index (χ0n) is 5.16. The topological polar surface area (TPSA) is 52.0 Å². The molecular formula is C6H8N2O. The lowest BCUT2D eigenvalue weighted by atomic mass is 10.4. The van der Waals surface area contributed by atoms with E-state index in [4.69, 9.17) is 5.73 Å². The molecular weight excluding hydrogens is 116 g/mol. The average Bonchev–Trinajstić information content (AvgIpc) is 2.17. The van der Waals surface area contributed by atoms with Crippen LogP contribution in [0.4, 0.5) is 5.88 Å². The second-order valence-electron chi connectivity index (χ2n) is 1.65. The van der Waals surface area contributed by atoms with Gasteiger partial charge in [-0.25, -0.2) is 0 Å². The Labute approximate surface area is 53.1 Å². The van der Waals surface area contributed by atoms with Gasteiger partial charge >= 0.3 is 0 Å². The van der Waals surface area contributed by atoms with Crippen molar-refractivity contribution in [3.05, 3.63) is 17.8 Å². The minimum atomic E-state index is 0.350. The van der Waals surface area contributed by atoms with Crippen molar-refractivity contribution in [1.29, 1.82) is 0 Å². The van der Waals surface area contributed by atoms with Crippen LogP contribution >= 0.6 is 0 Å². The Kier molecular flexibility index (Phi) is 1.53. The van der Waals surface area contributed by atoms with Crippen LogP contribution in [0.2, 0.25) is 0 Å². The van der Waals surface area contributed by atoms with E-state index in [-0.39, 0.29) is 0 Å². The highest BCUT2D eigenvalue weighted by Crippen LogP contribution is 2.05. The number of nitrogen functional groups attached to an aromatic ring is 1. The average molecular weight is 124 g/mol. The molecule has 1 heterocycles. The Balaban J connectivity index is 2.85. The fourth-order valence-corrected chi connectivity index (χ4v) is 0.553. The summed E-state index contributed by atoms with van der Waals surface area (Å²) in [6.07, 6.45) is 3.69. The molecule has 48 valence electrons. The molecule has 0 radical (unpaired) electrons. The van der Waals surface area contributed by atoms with Gasteiger partial charge in [-0.3, -0.25) is 0 Å². The molecule has 1 aromatic rings. The minimum Gasteiger partial charge on any atom is -0.368 e. The van der Waals surface area contributed by atoms with Gasteiger partial charge in [-0.2, -0.15) is 0 Å². The molecule has 0 fully saturated rings. The van der Waals surface area contributed by atoms with Crippen molar-refractivity contribution in [2.45, 2.75) is 6.92 Å². The normalized spacial score (nSPS) is 10.8. The first-order valence-corrected chi connectivity index (χ1v) is 2.68. The maximum absolute atomic E-state index is 5.25. The Hall–Kier alpha value is -1.25. The van der Waals surface area contributed by atoms with Crippen LogP contribution in [0.1, 0.15) is 12.6 Å². The lowest BCUT2D eigenvalue weighted by molar-refractivity contribution is 0.435. The summed E-state index contributed by atoms with van der Waals surface area (Å²) >= 11 is 0. The molecule has 0 spiro atoms. The number of anilines is 1. The number of nitrogens with two attached hydrogens (primary N) is 1. The molecule has 2 N–H and O–H groups in total. The summed E-state index contributed by atoms with van der Waals surface area (Å²) in [5, 5.41) is 3.62. The number of nitrogens with zero attached hydrogens (tertiary/aromatic N) is 1. The summed E-state index contributed by atoms with van der Waals surface area (Å²) in [5.41, 5.74) is 6.01. The molecule has 9 heavy (non-hydrogen) atoms. The Bertz CT molecular complexity index is 215. The van der Waals surface area contributed by atoms with Crippen molar-refractivity contribution in [2.24, 2.45) is 0 Å². The maximum atomic E-state index is 5.25. The Morgan fingerprint density at radius 2 is 2.56 bits per heavy atom. The third-order valence-electron chi connectivity index (χ3n) is 0.884. The van der Waals surface area contributed by atoms with E-state index in [1.165, 1.54) is 0 Å². The molecule has 0 unspecified atom stereocenters. The van der Waals surface area contributed by atoms with Gasteiger partial charge in [0, 0.05) is 6.07 Å². The van der Waals surface area contributed by atoms with Crippen LogP contribution in [0.15, 0.2) is 16.7 Å². The summed E-state index contributed by atoms with van der Waals surface area (Å²) in [5.74, 6) is 0.350. The first kappa shape index (κ1) is 5.88. The van der Waals surface area contributed by atoms with Gasteiger partial charge in [-0.05, 0) is 13.0 Å². The van der Waals surface area contributed by atoms with Crippen molar-refractivity contribution < 1.29 is 4.52 Å². The van der Waals surface area contributed by atoms with E-state index in [0.717, 1.165) is 5.69 Å². The van der Waals surface area contributed by atoms with Gasteiger partial charge in [0.1, 0.15) is 5.69 Å². The highest BCUT2D eigenvalue weighted by molar-refractivity contribution is 5.46. The zero-order valence-corrected chi connectivity index (χ0v) is 5.16. The van der Waals surface area contributed by atoms with E-state index in [0.29, 0.717) is 5.88 Å². The minimum absolute atomic E-state index is 0.350. The standard InChI is InChI=1S/C6H8N2O/c1-2-3-5-4-6(7)9-8-5/h2-4H,7H2,1H3/b3-2+. The van der Waals surface area contributed by atoms with Gasteiger partial charge in [0.2, 0.25) is 5.88 Å². The van der Waals surface area contributed by atoms with Crippen LogP contribution in [0.25, 0.3) is 6.08 Å². The van der Waals surface area contributed by atoms with E-state index in [1.807, 2.05) is 19.1 Å². The van der Waals surface area contributed by atoms with E-state index >= 15 is 0 Å². The largest absolute Gasteiger partial charge is 0.368 e. The van der Waals surface area contributed by atoms with Gasteiger partial charge in [-0.1, -0.05) is 11.2 Å².